The van der Waals surface area contributed by atoms with E-state index in [2.05, 4.69) is 37.7 Å². The summed E-state index contributed by atoms with van der Waals surface area (Å²) in [5, 5.41) is 3.27. The molecule has 0 atom stereocenters. The predicted octanol–water partition coefficient (Wildman–Crippen LogP) is 2.37. The van der Waals surface area contributed by atoms with Crippen LogP contribution in [-0.4, -0.2) is 17.8 Å². The number of nitrogens with zero attached hydrogens (tertiary/aromatic N) is 1. The van der Waals surface area contributed by atoms with E-state index in [1.807, 2.05) is 13.8 Å². The quantitative estimate of drug-likeness (QED) is 0.643. The lowest BCUT2D eigenvalue weighted by atomic mass is 10.1. The van der Waals surface area contributed by atoms with Crippen LogP contribution in [0, 0.1) is 0 Å². The highest BCUT2D eigenvalue weighted by Gasteiger charge is 2.08. The lowest BCUT2D eigenvalue weighted by molar-refractivity contribution is 0.470. The molecule has 0 aromatic carbocycles. The van der Waals surface area contributed by atoms with Crippen LogP contribution in [0.25, 0.3) is 0 Å². The largest absolute Gasteiger partial charge is 0.383 e. The first-order valence-electron chi connectivity index (χ1n) is 4.25. The van der Waals surface area contributed by atoms with Crippen LogP contribution < -0.4 is 5.32 Å². The highest BCUT2D eigenvalue weighted by molar-refractivity contribution is 5.79. The molecule has 0 rings (SSSR count). The van der Waals surface area contributed by atoms with Gasteiger partial charge in [0.25, 0.3) is 0 Å². The zero-order chi connectivity index (χ0) is 9.78. The molecule has 70 valence electrons. The van der Waals surface area contributed by atoms with Gasteiger partial charge in [-0.1, -0.05) is 6.58 Å². The first-order valence-corrected chi connectivity index (χ1v) is 4.25. The van der Waals surface area contributed by atoms with Crippen LogP contribution in [-0.2, 0) is 0 Å². The van der Waals surface area contributed by atoms with Gasteiger partial charge in [0.15, 0.2) is 0 Å². The number of aliphatic imine (C=N–C) groups is 1. The third-order valence-electron chi connectivity index (χ3n) is 1.14. The summed E-state index contributed by atoms with van der Waals surface area (Å²) in [6.45, 7) is 14.9. The van der Waals surface area contributed by atoms with E-state index in [0.717, 1.165) is 11.4 Å². The molecule has 2 heteroatoms. The fourth-order valence-corrected chi connectivity index (χ4v) is 0.823. The number of nitrogens with one attached hydrogen (secondary N) is 1. The molecule has 0 aliphatic rings. The maximum Gasteiger partial charge on any atom is 0.0779 e. The summed E-state index contributed by atoms with van der Waals surface area (Å²) in [4.78, 5) is 4.26. The van der Waals surface area contributed by atoms with Crippen molar-refractivity contribution in [2.75, 3.05) is 6.54 Å². The Bertz CT molecular complexity index is 181. The zero-order valence-electron chi connectivity index (χ0n) is 8.86. The van der Waals surface area contributed by atoms with Gasteiger partial charge in [-0.05, 0) is 34.6 Å². The third kappa shape index (κ3) is 7.32. The second-order valence-electron chi connectivity index (χ2n) is 4.24. The Hall–Kier alpha value is -0.790. The molecule has 0 unspecified atom stereocenters. The van der Waals surface area contributed by atoms with Crippen LogP contribution in [0.1, 0.15) is 34.6 Å². The van der Waals surface area contributed by atoms with Gasteiger partial charge in [0.05, 0.1) is 6.54 Å². The molecule has 0 amide bonds. The van der Waals surface area contributed by atoms with E-state index in [0.29, 0.717) is 6.54 Å². The Kier molecular flexibility index (Phi) is 4.01. The average molecular weight is 168 g/mol. The molecule has 0 spiro atoms. The first kappa shape index (κ1) is 11.2. The number of hydrogen-bond donors (Lipinski definition) is 1. The molecule has 0 saturated carbocycles. The van der Waals surface area contributed by atoms with Crippen molar-refractivity contribution >= 4 is 5.71 Å². The van der Waals surface area contributed by atoms with E-state index in [4.69, 9.17) is 0 Å². The highest BCUT2D eigenvalue weighted by atomic mass is 15.0. The lowest BCUT2D eigenvalue weighted by Gasteiger charge is -2.22. The van der Waals surface area contributed by atoms with E-state index in [-0.39, 0.29) is 5.54 Å². The van der Waals surface area contributed by atoms with Crippen LogP contribution in [0.2, 0.25) is 0 Å². The van der Waals surface area contributed by atoms with Crippen molar-refractivity contribution in [1.82, 2.24) is 5.32 Å². The molecular weight excluding hydrogens is 148 g/mol. The summed E-state index contributed by atoms with van der Waals surface area (Å²) in [5.74, 6) is 0. The summed E-state index contributed by atoms with van der Waals surface area (Å²) < 4.78 is 0. The van der Waals surface area contributed by atoms with E-state index in [1.165, 1.54) is 0 Å². The molecule has 0 aromatic heterocycles. The molecule has 0 heterocycles. The number of hydrogen-bond acceptors (Lipinski definition) is 2. The Labute approximate surface area is 75.8 Å². The smallest absolute Gasteiger partial charge is 0.0779 e. The maximum absolute atomic E-state index is 4.26. The van der Waals surface area contributed by atoms with Crippen molar-refractivity contribution in [3.63, 3.8) is 0 Å². The van der Waals surface area contributed by atoms with Crippen molar-refractivity contribution in [2.24, 2.45) is 4.99 Å². The maximum atomic E-state index is 4.26. The zero-order valence-corrected chi connectivity index (χ0v) is 8.86. The van der Waals surface area contributed by atoms with Gasteiger partial charge in [0, 0.05) is 16.9 Å². The molecule has 0 bridgehead atoms. The van der Waals surface area contributed by atoms with Crippen molar-refractivity contribution in [3.05, 3.63) is 12.3 Å². The summed E-state index contributed by atoms with van der Waals surface area (Å²) >= 11 is 0. The van der Waals surface area contributed by atoms with Gasteiger partial charge in [-0.15, -0.1) is 0 Å². The van der Waals surface area contributed by atoms with E-state index in [1.54, 1.807) is 0 Å². The molecule has 1 N–H and O–H groups in total. The Balaban J connectivity index is 3.84. The molecule has 2 nitrogen and oxygen atoms in total. The minimum Gasteiger partial charge on any atom is -0.383 e. The van der Waals surface area contributed by atoms with Gasteiger partial charge in [0.1, 0.15) is 0 Å². The lowest BCUT2D eigenvalue weighted by Crippen LogP contribution is -2.35. The fraction of sp³-hybridized carbons (Fsp3) is 0.700. The topological polar surface area (TPSA) is 24.4 Å². The molecule has 0 radical (unpaired) electrons. The molecular formula is C10H20N2. The minimum atomic E-state index is 0.0915. The Morgan fingerprint density at radius 3 is 2.17 bits per heavy atom. The van der Waals surface area contributed by atoms with Gasteiger partial charge in [-0.25, -0.2) is 0 Å². The van der Waals surface area contributed by atoms with Gasteiger partial charge in [-0.3, -0.25) is 4.99 Å². The molecule has 0 fully saturated rings. The van der Waals surface area contributed by atoms with E-state index in [9.17, 15) is 0 Å². The Morgan fingerprint density at radius 2 is 1.83 bits per heavy atom. The van der Waals surface area contributed by atoms with Crippen LogP contribution in [0.15, 0.2) is 17.3 Å². The molecule has 0 aromatic rings. The van der Waals surface area contributed by atoms with Gasteiger partial charge in [-0.2, -0.15) is 0 Å². The summed E-state index contributed by atoms with van der Waals surface area (Å²) in [6, 6.07) is 0. The molecule has 12 heavy (non-hydrogen) atoms. The molecule has 0 saturated heterocycles. The van der Waals surface area contributed by atoms with Gasteiger partial charge < -0.3 is 5.32 Å². The molecule has 0 aliphatic heterocycles. The van der Waals surface area contributed by atoms with Crippen LogP contribution >= 0.6 is 0 Å². The normalized spacial score (nSPS) is 10.8. The van der Waals surface area contributed by atoms with Crippen molar-refractivity contribution in [1.29, 1.82) is 0 Å². The van der Waals surface area contributed by atoms with Gasteiger partial charge >= 0.3 is 0 Å². The van der Waals surface area contributed by atoms with Crippen molar-refractivity contribution in [3.8, 4) is 0 Å². The number of rotatable bonds is 3. The standard InChI is InChI=1S/C10H20N2/c1-8(2)11-7-9(3)12-10(4,5)6/h12H,3,7H2,1-2,4-6H3. The highest BCUT2D eigenvalue weighted by Crippen LogP contribution is 2.02. The summed E-state index contributed by atoms with van der Waals surface area (Å²) in [6.07, 6.45) is 0. The van der Waals surface area contributed by atoms with Crippen LogP contribution in [0.5, 0.6) is 0 Å². The van der Waals surface area contributed by atoms with E-state index < -0.39 is 0 Å². The van der Waals surface area contributed by atoms with Crippen LogP contribution in [0.4, 0.5) is 0 Å². The summed E-state index contributed by atoms with van der Waals surface area (Å²) in [7, 11) is 0. The summed E-state index contributed by atoms with van der Waals surface area (Å²) in [5.41, 5.74) is 2.16. The average Bonchev–Trinajstić information content (AvgIpc) is 1.79. The monoisotopic (exact) mass is 168 g/mol. The fourth-order valence-electron chi connectivity index (χ4n) is 0.823. The Morgan fingerprint density at radius 1 is 1.33 bits per heavy atom. The predicted molar refractivity (Wildman–Crippen MR) is 55.7 cm³/mol. The SMILES string of the molecule is C=C(CN=C(C)C)NC(C)(C)C. The first-order chi connectivity index (χ1) is 5.31. The van der Waals surface area contributed by atoms with Crippen molar-refractivity contribution < 1.29 is 0 Å². The van der Waals surface area contributed by atoms with Crippen molar-refractivity contribution in [2.45, 2.75) is 40.2 Å². The minimum absolute atomic E-state index is 0.0915. The van der Waals surface area contributed by atoms with Crippen LogP contribution in [0.3, 0.4) is 0 Å². The second-order valence-corrected chi connectivity index (χ2v) is 4.24. The molecule has 0 aliphatic carbocycles. The van der Waals surface area contributed by atoms with E-state index >= 15 is 0 Å². The second kappa shape index (κ2) is 4.29. The van der Waals surface area contributed by atoms with Gasteiger partial charge in [0.2, 0.25) is 0 Å². The third-order valence-corrected chi connectivity index (χ3v) is 1.14.